The van der Waals surface area contributed by atoms with Crippen LogP contribution in [0.3, 0.4) is 0 Å². The number of carbonyl (C=O) groups is 1. The highest BCUT2D eigenvalue weighted by Gasteiger charge is 2.36. The van der Waals surface area contributed by atoms with Crippen LogP contribution in [0.25, 0.3) is 0 Å². The molecule has 8 nitrogen and oxygen atoms in total. The first-order valence-electron chi connectivity index (χ1n) is 12.4. The van der Waals surface area contributed by atoms with Gasteiger partial charge < -0.3 is 14.9 Å². The average Bonchev–Trinajstić information content (AvgIpc) is 3.26. The summed E-state index contributed by atoms with van der Waals surface area (Å²) in [6.07, 6.45) is 6.53. The van der Waals surface area contributed by atoms with E-state index in [1.54, 1.807) is 12.3 Å². The van der Waals surface area contributed by atoms with E-state index in [-0.39, 0.29) is 5.91 Å². The number of amides is 1. The van der Waals surface area contributed by atoms with Gasteiger partial charge in [0.25, 0.3) is 5.91 Å². The van der Waals surface area contributed by atoms with Crippen LogP contribution in [0.2, 0.25) is 0 Å². The third kappa shape index (κ3) is 5.32. The second-order valence-corrected chi connectivity index (χ2v) is 10.5. The Morgan fingerprint density at radius 2 is 1.92 bits per heavy atom. The van der Waals surface area contributed by atoms with Crippen LogP contribution in [0.1, 0.15) is 46.1 Å². The predicted octanol–water partition coefficient (Wildman–Crippen LogP) is 4.79. The van der Waals surface area contributed by atoms with Crippen LogP contribution in [0.15, 0.2) is 42.7 Å². The second-order valence-electron chi connectivity index (χ2n) is 9.89. The molecule has 2 aliphatic rings. The zero-order valence-corrected chi connectivity index (χ0v) is 22.1. The Morgan fingerprint density at radius 3 is 2.67 bits per heavy atom. The van der Waals surface area contributed by atoms with E-state index in [2.05, 4.69) is 63.9 Å². The maximum atomic E-state index is 13.2. The van der Waals surface area contributed by atoms with Crippen LogP contribution < -0.4 is 10.0 Å². The van der Waals surface area contributed by atoms with E-state index in [1.165, 1.54) is 28.6 Å². The van der Waals surface area contributed by atoms with Crippen molar-refractivity contribution in [2.75, 3.05) is 29.4 Å². The monoisotopic (exact) mass is 503 g/mol. The Bertz CT molecular complexity index is 1250. The number of fused-ring (bicyclic) bond motifs is 1. The first kappa shape index (κ1) is 24.5. The first-order chi connectivity index (χ1) is 17.4. The van der Waals surface area contributed by atoms with Crippen LogP contribution in [0.5, 0.6) is 0 Å². The SMILES string of the molecule is CSNc1cc(C(=O)N2CCC(N3Cc4cnc(Nc5cc(C)cc(C)c5)nc4C3)C(C)C2)ccn1. The van der Waals surface area contributed by atoms with Crippen LogP contribution in [-0.4, -0.2) is 56.0 Å². The molecule has 2 unspecified atom stereocenters. The molecule has 1 saturated heterocycles. The summed E-state index contributed by atoms with van der Waals surface area (Å²) in [5, 5.41) is 3.37. The van der Waals surface area contributed by atoms with Crippen molar-refractivity contribution >= 4 is 35.3 Å². The van der Waals surface area contributed by atoms with Crippen molar-refractivity contribution in [3.8, 4) is 0 Å². The third-order valence-electron chi connectivity index (χ3n) is 6.99. The van der Waals surface area contributed by atoms with Gasteiger partial charge in [0.2, 0.25) is 5.95 Å². The number of likely N-dealkylation sites (tertiary alicyclic amines) is 1. The molecular formula is C27H33N7OS. The maximum Gasteiger partial charge on any atom is 0.254 e. The summed E-state index contributed by atoms with van der Waals surface area (Å²) in [7, 11) is 0. The van der Waals surface area contributed by atoms with Crippen molar-refractivity contribution in [1.29, 1.82) is 0 Å². The van der Waals surface area contributed by atoms with Gasteiger partial charge in [-0.15, -0.1) is 0 Å². The van der Waals surface area contributed by atoms with Crippen molar-refractivity contribution in [2.45, 2.75) is 46.3 Å². The Kier molecular flexibility index (Phi) is 7.11. The van der Waals surface area contributed by atoms with Gasteiger partial charge in [0.1, 0.15) is 5.82 Å². The van der Waals surface area contributed by atoms with Crippen LogP contribution in [-0.2, 0) is 13.1 Å². The summed E-state index contributed by atoms with van der Waals surface area (Å²) in [5.41, 5.74) is 6.40. The smallest absolute Gasteiger partial charge is 0.254 e. The van der Waals surface area contributed by atoms with Crippen molar-refractivity contribution in [3.05, 3.63) is 70.7 Å². The molecule has 36 heavy (non-hydrogen) atoms. The quantitative estimate of drug-likeness (QED) is 0.465. The second kappa shape index (κ2) is 10.4. The lowest BCUT2D eigenvalue weighted by Crippen LogP contribution is -2.50. The zero-order chi connectivity index (χ0) is 25.2. The number of nitrogens with zero attached hydrogens (tertiary/aromatic N) is 5. The Labute approximate surface area is 217 Å². The molecule has 2 aliphatic heterocycles. The number of nitrogens with one attached hydrogen (secondary N) is 2. The van der Waals surface area contributed by atoms with E-state index in [0.717, 1.165) is 44.0 Å². The van der Waals surface area contributed by atoms with E-state index < -0.39 is 0 Å². The highest BCUT2D eigenvalue weighted by molar-refractivity contribution is 7.99. The molecule has 2 N–H and O–H groups in total. The maximum absolute atomic E-state index is 13.2. The Hall–Kier alpha value is -3.17. The van der Waals surface area contributed by atoms with E-state index in [9.17, 15) is 4.79 Å². The molecule has 0 saturated carbocycles. The van der Waals surface area contributed by atoms with Gasteiger partial charge in [-0.25, -0.2) is 15.0 Å². The molecule has 4 heterocycles. The number of hydrogen-bond acceptors (Lipinski definition) is 8. The van der Waals surface area contributed by atoms with Crippen molar-refractivity contribution in [2.24, 2.45) is 5.92 Å². The third-order valence-corrected chi connectivity index (χ3v) is 7.40. The number of benzene rings is 1. The fourth-order valence-corrected chi connectivity index (χ4v) is 5.74. The minimum absolute atomic E-state index is 0.0736. The molecule has 1 aromatic carbocycles. The standard InChI is InChI=1S/C27H33N7OS/c1-17-9-18(2)11-22(10-17)30-27-29-13-21-15-34(16-23(21)31-27)24-6-8-33(14-19(24)3)26(35)20-5-7-28-25(12-20)32-36-4/h5,7,9-13,19,24H,6,8,14-16H2,1-4H3,(H,28,32)(H,29,30,31). The van der Waals surface area contributed by atoms with Gasteiger partial charge in [0.05, 0.1) is 5.69 Å². The van der Waals surface area contributed by atoms with Crippen LogP contribution >= 0.6 is 11.9 Å². The number of aryl methyl sites for hydroxylation is 2. The normalized spacial score (nSPS) is 19.7. The molecule has 0 spiro atoms. The molecule has 3 aromatic rings. The average molecular weight is 504 g/mol. The molecule has 0 aliphatic carbocycles. The Morgan fingerprint density at radius 1 is 1.11 bits per heavy atom. The van der Waals surface area contributed by atoms with Gasteiger partial charge in [-0.05, 0) is 61.6 Å². The van der Waals surface area contributed by atoms with Crippen molar-refractivity contribution in [1.82, 2.24) is 24.8 Å². The molecule has 0 radical (unpaired) electrons. The summed E-state index contributed by atoms with van der Waals surface area (Å²) in [6, 6.07) is 10.4. The van der Waals surface area contributed by atoms with Gasteiger partial charge >= 0.3 is 0 Å². The lowest BCUT2D eigenvalue weighted by Gasteiger charge is -2.41. The molecule has 188 valence electrons. The zero-order valence-electron chi connectivity index (χ0n) is 21.3. The van der Waals surface area contributed by atoms with E-state index in [4.69, 9.17) is 4.98 Å². The largest absolute Gasteiger partial charge is 0.338 e. The fraction of sp³-hybridized carbons (Fsp3) is 0.407. The topological polar surface area (TPSA) is 86.3 Å². The molecule has 1 amide bonds. The van der Waals surface area contributed by atoms with Crippen molar-refractivity contribution in [3.63, 3.8) is 0 Å². The molecular weight excluding hydrogens is 470 g/mol. The fourth-order valence-electron chi connectivity index (χ4n) is 5.42. The number of rotatable bonds is 6. The van der Waals surface area contributed by atoms with Gasteiger partial charge in [0.15, 0.2) is 0 Å². The highest BCUT2D eigenvalue weighted by Crippen LogP contribution is 2.31. The van der Waals surface area contributed by atoms with Gasteiger partial charge in [-0.2, -0.15) is 0 Å². The molecule has 2 aromatic heterocycles. The predicted molar refractivity (Wildman–Crippen MR) is 145 cm³/mol. The van der Waals surface area contributed by atoms with E-state index in [0.29, 0.717) is 29.3 Å². The lowest BCUT2D eigenvalue weighted by molar-refractivity contribution is 0.0445. The van der Waals surface area contributed by atoms with Crippen molar-refractivity contribution < 1.29 is 4.79 Å². The lowest BCUT2D eigenvalue weighted by atomic mass is 9.92. The number of carbonyl (C=O) groups excluding carboxylic acids is 1. The minimum atomic E-state index is 0.0736. The molecule has 9 heteroatoms. The molecule has 5 rings (SSSR count). The van der Waals surface area contributed by atoms with Gasteiger partial charge in [0, 0.05) is 67.7 Å². The molecule has 0 bridgehead atoms. The molecule has 2 atom stereocenters. The molecule has 1 fully saturated rings. The number of aromatic nitrogens is 3. The summed E-state index contributed by atoms with van der Waals surface area (Å²) in [5.74, 6) is 1.79. The van der Waals surface area contributed by atoms with Crippen LogP contribution in [0, 0.1) is 19.8 Å². The Balaban J connectivity index is 1.21. The summed E-state index contributed by atoms with van der Waals surface area (Å²) < 4.78 is 3.10. The van der Waals surface area contributed by atoms with Crippen LogP contribution in [0.4, 0.5) is 17.5 Å². The number of hydrogen-bond donors (Lipinski definition) is 2. The number of anilines is 3. The summed E-state index contributed by atoms with van der Waals surface area (Å²) in [4.78, 5) is 31.3. The highest BCUT2D eigenvalue weighted by atomic mass is 32.2. The first-order valence-corrected chi connectivity index (χ1v) is 13.6. The number of pyridine rings is 1. The van der Waals surface area contributed by atoms with E-state index >= 15 is 0 Å². The summed E-state index contributed by atoms with van der Waals surface area (Å²) >= 11 is 1.47. The van der Waals surface area contributed by atoms with Gasteiger partial charge in [-0.1, -0.05) is 24.9 Å². The van der Waals surface area contributed by atoms with E-state index in [1.807, 2.05) is 23.4 Å². The minimum Gasteiger partial charge on any atom is -0.338 e. The summed E-state index contributed by atoms with van der Waals surface area (Å²) in [6.45, 7) is 9.60. The number of piperidine rings is 1. The van der Waals surface area contributed by atoms with Gasteiger partial charge in [-0.3, -0.25) is 9.69 Å².